The van der Waals surface area contributed by atoms with Crippen LogP contribution in [-0.4, -0.2) is 16.2 Å². The summed E-state index contributed by atoms with van der Waals surface area (Å²) in [5.41, 5.74) is 0.859. The highest BCUT2D eigenvalue weighted by molar-refractivity contribution is 7.97. The summed E-state index contributed by atoms with van der Waals surface area (Å²) in [5, 5.41) is 5.44. The molecule has 0 amide bonds. The number of aryl methyl sites for hydroxylation is 1. The zero-order valence-corrected chi connectivity index (χ0v) is 7.80. The molecule has 1 heterocycles. The van der Waals surface area contributed by atoms with Crippen molar-refractivity contribution in [3.63, 3.8) is 0 Å². The van der Waals surface area contributed by atoms with E-state index >= 15 is 0 Å². The molecule has 0 aliphatic carbocycles. The van der Waals surface area contributed by atoms with E-state index < -0.39 is 0 Å². The van der Waals surface area contributed by atoms with Gasteiger partial charge in [0.05, 0.1) is 10.6 Å². The topological polar surface area (TPSA) is 64.2 Å². The van der Waals surface area contributed by atoms with Crippen molar-refractivity contribution in [3.8, 4) is 0 Å². The maximum atomic E-state index is 5.44. The Morgan fingerprint density at radius 1 is 1.58 bits per heavy atom. The first-order valence-electron chi connectivity index (χ1n) is 3.46. The van der Waals surface area contributed by atoms with Crippen LogP contribution in [0.5, 0.6) is 0 Å². The van der Waals surface area contributed by atoms with Crippen molar-refractivity contribution >= 4 is 24.0 Å². The molecular formula is C7H10N4S. The molecule has 0 saturated heterocycles. The number of rotatable bonds is 2. The lowest BCUT2D eigenvalue weighted by molar-refractivity contribution is 1.02. The lowest BCUT2D eigenvalue weighted by Gasteiger charge is -2.01. The van der Waals surface area contributed by atoms with Crippen LogP contribution in [0, 0.1) is 6.92 Å². The predicted octanol–water partition coefficient (Wildman–Crippen LogP) is 1.47. The molecular weight excluding hydrogens is 172 g/mol. The van der Waals surface area contributed by atoms with Crippen molar-refractivity contribution in [2.45, 2.75) is 18.7 Å². The molecule has 12 heavy (non-hydrogen) atoms. The SMILES string of the molecule is CC=Nc1ncnc(C)c1SN. The van der Waals surface area contributed by atoms with Gasteiger partial charge in [-0.15, -0.1) is 0 Å². The van der Waals surface area contributed by atoms with Crippen molar-refractivity contribution in [3.05, 3.63) is 12.0 Å². The van der Waals surface area contributed by atoms with Crippen LogP contribution in [0.1, 0.15) is 12.6 Å². The first-order chi connectivity index (χ1) is 5.79. The Hall–Kier alpha value is -0.940. The molecule has 0 aliphatic heterocycles. The van der Waals surface area contributed by atoms with E-state index in [-0.39, 0.29) is 0 Å². The standard InChI is InChI=1S/C7H10N4S/c1-3-9-7-6(12-8)5(2)10-4-11-7/h3-4H,8H2,1-2H3. The van der Waals surface area contributed by atoms with Crippen LogP contribution in [0.4, 0.5) is 5.82 Å². The van der Waals surface area contributed by atoms with E-state index in [0.29, 0.717) is 5.82 Å². The van der Waals surface area contributed by atoms with E-state index in [1.165, 1.54) is 6.33 Å². The zero-order valence-electron chi connectivity index (χ0n) is 6.98. The largest absolute Gasteiger partial charge is 0.273 e. The maximum absolute atomic E-state index is 5.44. The van der Waals surface area contributed by atoms with E-state index in [9.17, 15) is 0 Å². The van der Waals surface area contributed by atoms with Crippen LogP contribution >= 0.6 is 11.9 Å². The molecule has 0 radical (unpaired) electrons. The fraction of sp³-hybridized carbons (Fsp3) is 0.286. The molecule has 4 nitrogen and oxygen atoms in total. The van der Waals surface area contributed by atoms with E-state index in [2.05, 4.69) is 15.0 Å². The van der Waals surface area contributed by atoms with Crippen LogP contribution in [0.15, 0.2) is 16.2 Å². The molecule has 1 rings (SSSR count). The fourth-order valence-electron chi connectivity index (χ4n) is 0.801. The third kappa shape index (κ3) is 1.80. The molecule has 0 aromatic carbocycles. The van der Waals surface area contributed by atoms with E-state index in [1.54, 1.807) is 6.21 Å². The number of nitrogens with two attached hydrogens (primary N) is 1. The molecule has 1 aromatic rings. The fourth-order valence-corrected chi connectivity index (χ4v) is 1.24. The molecule has 0 unspecified atom stereocenters. The Kier molecular flexibility index (Phi) is 3.19. The summed E-state index contributed by atoms with van der Waals surface area (Å²) in [6.07, 6.45) is 3.17. The van der Waals surface area contributed by atoms with Gasteiger partial charge in [0.2, 0.25) is 0 Å². The van der Waals surface area contributed by atoms with Gasteiger partial charge in [-0.3, -0.25) is 5.14 Å². The quantitative estimate of drug-likeness (QED) is 0.555. The van der Waals surface area contributed by atoms with Gasteiger partial charge in [-0.1, -0.05) is 0 Å². The average molecular weight is 182 g/mol. The van der Waals surface area contributed by atoms with Gasteiger partial charge in [-0.05, 0) is 25.8 Å². The monoisotopic (exact) mass is 182 g/mol. The molecule has 0 atom stereocenters. The molecule has 1 aromatic heterocycles. The van der Waals surface area contributed by atoms with Crippen LogP contribution in [-0.2, 0) is 0 Å². The van der Waals surface area contributed by atoms with Crippen LogP contribution in [0.25, 0.3) is 0 Å². The Bertz CT molecular complexity index is 297. The Morgan fingerprint density at radius 3 is 2.92 bits per heavy atom. The summed E-state index contributed by atoms with van der Waals surface area (Å²) < 4.78 is 0. The number of nitrogens with zero attached hydrogens (tertiary/aromatic N) is 3. The summed E-state index contributed by atoms with van der Waals surface area (Å²) in [7, 11) is 0. The Morgan fingerprint density at radius 2 is 2.33 bits per heavy atom. The maximum Gasteiger partial charge on any atom is 0.170 e. The first kappa shape index (κ1) is 9.15. The highest BCUT2D eigenvalue weighted by atomic mass is 32.2. The molecule has 0 bridgehead atoms. The molecule has 64 valence electrons. The van der Waals surface area contributed by atoms with Crippen molar-refractivity contribution in [2.24, 2.45) is 10.1 Å². The summed E-state index contributed by atoms with van der Waals surface area (Å²) in [4.78, 5) is 12.9. The molecule has 0 fully saturated rings. The second kappa shape index (κ2) is 4.18. The summed E-state index contributed by atoms with van der Waals surface area (Å²) in [6.45, 7) is 3.72. The van der Waals surface area contributed by atoms with Gasteiger partial charge in [-0.2, -0.15) is 0 Å². The predicted molar refractivity (Wildman–Crippen MR) is 50.6 cm³/mol. The van der Waals surface area contributed by atoms with Crippen molar-refractivity contribution in [2.75, 3.05) is 0 Å². The van der Waals surface area contributed by atoms with Crippen molar-refractivity contribution < 1.29 is 0 Å². The highest BCUT2D eigenvalue weighted by Crippen LogP contribution is 2.24. The van der Waals surface area contributed by atoms with Crippen molar-refractivity contribution in [1.82, 2.24) is 9.97 Å². The van der Waals surface area contributed by atoms with Crippen LogP contribution in [0.3, 0.4) is 0 Å². The first-order valence-corrected chi connectivity index (χ1v) is 4.34. The van der Waals surface area contributed by atoms with Gasteiger partial charge in [-0.25, -0.2) is 15.0 Å². The lowest BCUT2D eigenvalue weighted by Crippen LogP contribution is -1.91. The smallest absolute Gasteiger partial charge is 0.170 e. The third-order valence-electron chi connectivity index (χ3n) is 1.33. The molecule has 5 heteroatoms. The van der Waals surface area contributed by atoms with Crippen molar-refractivity contribution in [1.29, 1.82) is 0 Å². The van der Waals surface area contributed by atoms with Crippen LogP contribution < -0.4 is 5.14 Å². The van der Waals surface area contributed by atoms with Gasteiger partial charge in [0, 0.05) is 6.21 Å². The number of aromatic nitrogens is 2. The molecule has 0 spiro atoms. The average Bonchev–Trinajstić information content (AvgIpc) is 2.05. The van der Waals surface area contributed by atoms with E-state index in [1.807, 2.05) is 13.8 Å². The second-order valence-corrected chi connectivity index (χ2v) is 2.76. The van der Waals surface area contributed by atoms with E-state index in [4.69, 9.17) is 5.14 Å². The number of hydrogen-bond acceptors (Lipinski definition) is 5. The molecule has 2 N–H and O–H groups in total. The van der Waals surface area contributed by atoms with Gasteiger partial charge >= 0.3 is 0 Å². The Labute approximate surface area is 75.5 Å². The normalized spacial score (nSPS) is 10.9. The highest BCUT2D eigenvalue weighted by Gasteiger charge is 2.04. The minimum Gasteiger partial charge on any atom is -0.273 e. The Balaban J connectivity index is 3.18. The van der Waals surface area contributed by atoms with E-state index in [0.717, 1.165) is 22.5 Å². The zero-order chi connectivity index (χ0) is 8.97. The minimum absolute atomic E-state index is 0.637. The van der Waals surface area contributed by atoms with Crippen LogP contribution in [0.2, 0.25) is 0 Å². The minimum atomic E-state index is 0.637. The summed E-state index contributed by atoms with van der Waals surface area (Å²) in [5.74, 6) is 0.637. The molecule has 0 aliphatic rings. The lowest BCUT2D eigenvalue weighted by atomic mass is 10.4. The van der Waals surface area contributed by atoms with Gasteiger partial charge < -0.3 is 0 Å². The second-order valence-electron chi connectivity index (χ2n) is 2.12. The summed E-state index contributed by atoms with van der Waals surface area (Å²) in [6, 6.07) is 0. The number of aliphatic imine (C=N–C) groups is 1. The van der Waals surface area contributed by atoms with Gasteiger partial charge in [0.1, 0.15) is 6.33 Å². The third-order valence-corrected chi connectivity index (χ3v) is 2.05. The number of hydrogen-bond donors (Lipinski definition) is 1. The van der Waals surface area contributed by atoms with Gasteiger partial charge in [0.15, 0.2) is 5.82 Å². The van der Waals surface area contributed by atoms with Gasteiger partial charge in [0.25, 0.3) is 0 Å². The summed E-state index contributed by atoms with van der Waals surface area (Å²) >= 11 is 1.12. The molecule has 0 saturated carbocycles.